The third-order valence-electron chi connectivity index (χ3n) is 6.62. The number of aromatic carboxylic acids is 2. The number of hydrogen-bond donors (Lipinski definition) is 3. The van der Waals surface area contributed by atoms with Crippen LogP contribution in [0.25, 0.3) is 0 Å². The number of carbonyl (C=O) groups excluding carboxylic acids is 2. The number of alkyl halides is 3. The molecule has 3 amide bonds. The van der Waals surface area contributed by atoms with Crippen LogP contribution in [0.3, 0.4) is 0 Å². The second-order valence-electron chi connectivity index (χ2n) is 9.56. The van der Waals surface area contributed by atoms with E-state index < -0.39 is 46.7 Å². The molecule has 41 heavy (non-hydrogen) atoms. The van der Waals surface area contributed by atoms with Gasteiger partial charge in [0.1, 0.15) is 5.54 Å². The zero-order chi connectivity index (χ0) is 30.3. The van der Waals surface area contributed by atoms with Gasteiger partial charge in [0.2, 0.25) is 0 Å². The molecule has 0 bridgehead atoms. The van der Waals surface area contributed by atoms with E-state index in [0.717, 1.165) is 35.2 Å². The van der Waals surface area contributed by atoms with E-state index in [1.807, 2.05) is 0 Å². The van der Waals surface area contributed by atoms with Crippen molar-refractivity contribution in [2.24, 2.45) is 0 Å². The van der Waals surface area contributed by atoms with Crippen LogP contribution in [-0.2, 0) is 17.5 Å². The molecule has 1 aliphatic heterocycles. The van der Waals surface area contributed by atoms with Crippen LogP contribution in [0, 0.1) is 11.3 Å². The summed E-state index contributed by atoms with van der Waals surface area (Å²) in [4.78, 5) is 51.8. The number of imide groups is 1. The number of hydrogen-bond acceptors (Lipinski definition) is 6. The van der Waals surface area contributed by atoms with Crippen molar-refractivity contribution >= 4 is 40.9 Å². The second kappa shape index (κ2) is 10.3. The van der Waals surface area contributed by atoms with Crippen LogP contribution in [0.2, 0.25) is 0 Å². The van der Waals surface area contributed by atoms with Crippen LogP contribution in [0.5, 0.6) is 0 Å². The first-order chi connectivity index (χ1) is 19.2. The number of benzene rings is 3. The summed E-state index contributed by atoms with van der Waals surface area (Å²) in [6.45, 7) is 2.63. The molecule has 3 aromatic carbocycles. The fourth-order valence-electron chi connectivity index (χ4n) is 4.39. The normalized spacial score (nSPS) is 14.6. The summed E-state index contributed by atoms with van der Waals surface area (Å²) in [6.07, 6.45) is -4.90. The maximum atomic E-state index is 13.6. The number of para-hydroxylation sites is 1. The summed E-state index contributed by atoms with van der Waals surface area (Å²) in [7, 11) is 0. The van der Waals surface area contributed by atoms with Gasteiger partial charge in [-0.2, -0.15) is 18.4 Å². The zero-order valence-corrected chi connectivity index (χ0v) is 21.5. The van der Waals surface area contributed by atoms with Gasteiger partial charge in [-0.05, 0) is 61.9 Å². The monoisotopic (exact) mass is 566 g/mol. The van der Waals surface area contributed by atoms with E-state index in [4.69, 9.17) is 5.26 Å². The minimum absolute atomic E-state index is 0.0353. The van der Waals surface area contributed by atoms with Crippen LogP contribution in [0.15, 0.2) is 60.7 Å². The summed E-state index contributed by atoms with van der Waals surface area (Å²) in [5.74, 6) is -3.40. The molecule has 3 aromatic rings. The van der Waals surface area contributed by atoms with Gasteiger partial charge in [-0.15, -0.1) is 0 Å². The fourth-order valence-corrected chi connectivity index (χ4v) is 4.39. The topological polar surface area (TPSA) is 151 Å². The highest BCUT2D eigenvalue weighted by Gasteiger charge is 2.52. The molecular formula is C28H21F3N4O6. The Morgan fingerprint density at radius 1 is 0.976 bits per heavy atom. The van der Waals surface area contributed by atoms with Crippen molar-refractivity contribution in [2.45, 2.75) is 32.1 Å². The van der Waals surface area contributed by atoms with E-state index in [2.05, 4.69) is 5.32 Å². The predicted molar refractivity (Wildman–Crippen MR) is 139 cm³/mol. The molecule has 210 valence electrons. The van der Waals surface area contributed by atoms with Crippen molar-refractivity contribution in [3.63, 3.8) is 0 Å². The average molecular weight is 566 g/mol. The Kier molecular flexibility index (Phi) is 7.19. The lowest BCUT2D eigenvalue weighted by molar-refractivity contribution is -0.137. The van der Waals surface area contributed by atoms with Crippen LogP contribution < -0.4 is 10.2 Å². The summed E-state index contributed by atoms with van der Waals surface area (Å²) in [6, 6.07) is 12.9. The Hall–Kier alpha value is -5.38. The number of nitriles is 1. The number of rotatable bonds is 7. The lowest BCUT2D eigenvalue weighted by Gasteiger charge is -2.28. The molecule has 0 aromatic heterocycles. The second-order valence-corrected chi connectivity index (χ2v) is 9.56. The average Bonchev–Trinajstić information content (AvgIpc) is 3.07. The highest BCUT2D eigenvalue weighted by molar-refractivity contribution is 6.23. The summed E-state index contributed by atoms with van der Waals surface area (Å²) in [5.41, 5.74) is -3.55. The highest BCUT2D eigenvalue weighted by Crippen LogP contribution is 2.39. The molecule has 10 nitrogen and oxygen atoms in total. The van der Waals surface area contributed by atoms with Gasteiger partial charge in [0, 0.05) is 5.69 Å². The minimum atomic E-state index is -4.90. The van der Waals surface area contributed by atoms with Crippen molar-refractivity contribution in [1.82, 2.24) is 4.90 Å². The molecule has 1 saturated heterocycles. The molecule has 0 aliphatic carbocycles. The van der Waals surface area contributed by atoms with Crippen molar-refractivity contribution < 1.29 is 42.6 Å². The van der Waals surface area contributed by atoms with Gasteiger partial charge in [0.25, 0.3) is 5.91 Å². The number of urea groups is 1. The molecule has 1 heterocycles. The fraction of sp³-hybridized carbons (Fsp3) is 0.179. The van der Waals surface area contributed by atoms with Crippen molar-refractivity contribution in [2.75, 3.05) is 10.2 Å². The predicted octanol–water partition coefficient (Wildman–Crippen LogP) is 5.46. The Morgan fingerprint density at radius 3 is 2.27 bits per heavy atom. The van der Waals surface area contributed by atoms with Crippen LogP contribution >= 0.6 is 0 Å². The maximum absolute atomic E-state index is 13.6. The van der Waals surface area contributed by atoms with Gasteiger partial charge < -0.3 is 20.4 Å². The molecule has 1 fully saturated rings. The number of amides is 3. The van der Waals surface area contributed by atoms with Crippen molar-refractivity contribution in [1.29, 1.82) is 5.26 Å². The third-order valence-corrected chi connectivity index (χ3v) is 6.62. The quantitative estimate of drug-likeness (QED) is 0.319. The van der Waals surface area contributed by atoms with Gasteiger partial charge in [-0.3, -0.25) is 4.79 Å². The Morgan fingerprint density at radius 2 is 1.66 bits per heavy atom. The Bertz CT molecular complexity index is 1640. The minimum Gasteiger partial charge on any atom is -0.478 e. The van der Waals surface area contributed by atoms with Gasteiger partial charge in [0.05, 0.1) is 46.2 Å². The lowest BCUT2D eigenvalue weighted by atomic mass is 10.0. The zero-order valence-electron chi connectivity index (χ0n) is 21.5. The number of carboxylic acids is 2. The highest BCUT2D eigenvalue weighted by atomic mass is 19.4. The largest absolute Gasteiger partial charge is 0.478 e. The molecule has 0 saturated carbocycles. The molecule has 4 rings (SSSR count). The van der Waals surface area contributed by atoms with E-state index >= 15 is 0 Å². The Balaban J connectivity index is 1.71. The van der Waals surface area contributed by atoms with E-state index in [9.17, 15) is 42.6 Å². The molecule has 0 radical (unpaired) electrons. The van der Waals surface area contributed by atoms with Gasteiger partial charge in [-0.25, -0.2) is 19.3 Å². The first kappa shape index (κ1) is 28.6. The van der Waals surface area contributed by atoms with Crippen LogP contribution in [-0.4, -0.2) is 44.5 Å². The number of halogens is 3. The number of carbonyl (C=O) groups is 4. The van der Waals surface area contributed by atoms with E-state index in [-0.39, 0.29) is 29.0 Å². The lowest BCUT2D eigenvalue weighted by Crippen LogP contribution is -2.43. The van der Waals surface area contributed by atoms with E-state index in [1.165, 1.54) is 19.9 Å². The molecular weight excluding hydrogens is 545 g/mol. The standard InChI is InChI=1S/C28H21F3N4O6/c1-27(2)25(40)35(18-9-7-16(13-32)20(12-18)28(29,30)31)26(41)34(27)14-17-5-3-4-6-21(17)33-22-11-15(23(36)37)8-10-19(22)24(38)39/h3-12,33H,14H2,1-2H3,(H,36,37)(H,38,39). The first-order valence-electron chi connectivity index (χ1n) is 11.9. The van der Waals surface area contributed by atoms with E-state index in [0.29, 0.717) is 22.2 Å². The third kappa shape index (κ3) is 5.27. The van der Waals surface area contributed by atoms with Crippen LogP contribution in [0.4, 0.5) is 35.0 Å². The van der Waals surface area contributed by atoms with Crippen molar-refractivity contribution in [3.8, 4) is 6.07 Å². The molecule has 1 aliphatic rings. The molecule has 0 atom stereocenters. The van der Waals surface area contributed by atoms with Crippen molar-refractivity contribution in [3.05, 3.63) is 88.5 Å². The number of anilines is 3. The smallest absolute Gasteiger partial charge is 0.417 e. The Labute approximate surface area is 230 Å². The SMILES string of the molecule is CC1(C)C(=O)N(c2ccc(C#N)c(C(F)(F)F)c2)C(=O)N1Cc1ccccc1Nc1cc(C(=O)O)ccc1C(=O)O. The number of carboxylic acid groups (broad SMARTS) is 2. The number of nitrogens with one attached hydrogen (secondary N) is 1. The summed E-state index contributed by atoms with van der Waals surface area (Å²) >= 11 is 0. The van der Waals surface area contributed by atoms with Gasteiger partial charge in [0.15, 0.2) is 0 Å². The molecule has 0 unspecified atom stereocenters. The van der Waals surface area contributed by atoms with Gasteiger partial charge in [-0.1, -0.05) is 18.2 Å². The summed E-state index contributed by atoms with van der Waals surface area (Å²) < 4.78 is 40.7. The van der Waals surface area contributed by atoms with E-state index in [1.54, 1.807) is 24.3 Å². The van der Waals surface area contributed by atoms with Gasteiger partial charge >= 0.3 is 24.1 Å². The first-order valence-corrected chi connectivity index (χ1v) is 11.9. The number of nitrogens with zero attached hydrogens (tertiary/aromatic N) is 3. The molecule has 3 N–H and O–H groups in total. The molecule has 0 spiro atoms. The summed E-state index contributed by atoms with van der Waals surface area (Å²) in [5, 5.41) is 30.9. The van der Waals surface area contributed by atoms with Crippen LogP contribution in [0.1, 0.15) is 51.3 Å². The molecule has 13 heteroatoms. The maximum Gasteiger partial charge on any atom is 0.417 e.